The third-order valence-electron chi connectivity index (χ3n) is 6.01. The minimum atomic E-state index is 0.151. The second-order valence-electron chi connectivity index (χ2n) is 8.13. The fourth-order valence-corrected chi connectivity index (χ4v) is 4.10. The molecule has 0 atom stereocenters. The minimum absolute atomic E-state index is 0.151. The van der Waals surface area contributed by atoms with Gasteiger partial charge in [-0.1, -0.05) is 37.3 Å². The quantitative estimate of drug-likeness (QED) is 0.819. The largest absolute Gasteiger partial charge is 0.354 e. The molecule has 2 saturated heterocycles. The van der Waals surface area contributed by atoms with Gasteiger partial charge in [-0.25, -0.2) is 4.98 Å². The number of carbonyl (C=O) groups is 1. The van der Waals surface area contributed by atoms with Crippen LogP contribution in [-0.4, -0.2) is 60.0 Å². The van der Waals surface area contributed by atoms with Crippen molar-refractivity contribution in [3.63, 3.8) is 0 Å². The number of aromatic nitrogens is 1. The van der Waals surface area contributed by atoms with Crippen molar-refractivity contribution in [3.05, 3.63) is 59.8 Å². The summed E-state index contributed by atoms with van der Waals surface area (Å²) < 4.78 is 0. The summed E-state index contributed by atoms with van der Waals surface area (Å²) in [6.45, 7) is 8.92. The van der Waals surface area contributed by atoms with Crippen LogP contribution in [0.1, 0.15) is 35.7 Å². The molecule has 4 rings (SSSR count). The molecule has 0 N–H and O–H groups in total. The van der Waals surface area contributed by atoms with Crippen molar-refractivity contribution >= 4 is 11.7 Å². The topological polar surface area (TPSA) is 39.7 Å². The van der Waals surface area contributed by atoms with Gasteiger partial charge in [0.25, 0.3) is 5.91 Å². The van der Waals surface area contributed by atoms with Gasteiger partial charge >= 0.3 is 0 Å². The number of pyridine rings is 1. The van der Waals surface area contributed by atoms with Gasteiger partial charge in [0.05, 0.1) is 0 Å². The Balaban J connectivity index is 1.35. The highest BCUT2D eigenvalue weighted by molar-refractivity contribution is 5.94. The smallest absolute Gasteiger partial charge is 0.254 e. The molecule has 0 bridgehead atoms. The van der Waals surface area contributed by atoms with E-state index < -0.39 is 0 Å². The van der Waals surface area contributed by atoms with E-state index in [-0.39, 0.29) is 5.91 Å². The summed E-state index contributed by atoms with van der Waals surface area (Å²) in [5, 5.41) is 0. The van der Waals surface area contributed by atoms with Gasteiger partial charge in [0.2, 0.25) is 0 Å². The molecule has 2 aromatic rings. The summed E-state index contributed by atoms with van der Waals surface area (Å²) in [5.41, 5.74) is 2.13. The van der Waals surface area contributed by atoms with Crippen LogP contribution >= 0.6 is 0 Å². The third-order valence-corrected chi connectivity index (χ3v) is 6.01. The maximum absolute atomic E-state index is 12.9. The fourth-order valence-electron chi connectivity index (χ4n) is 4.10. The average molecular weight is 379 g/mol. The van der Waals surface area contributed by atoms with Crippen LogP contribution in [0, 0.1) is 5.92 Å². The van der Waals surface area contributed by atoms with E-state index >= 15 is 0 Å². The summed E-state index contributed by atoms with van der Waals surface area (Å²) in [6.07, 6.45) is 3.99. The van der Waals surface area contributed by atoms with Crippen molar-refractivity contribution < 1.29 is 4.79 Å². The summed E-state index contributed by atoms with van der Waals surface area (Å²) >= 11 is 0. The van der Waals surface area contributed by atoms with E-state index in [1.54, 1.807) is 6.20 Å². The molecule has 3 heterocycles. The number of benzene rings is 1. The van der Waals surface area contributed by atoms with Gasteiger partial charge in [0.15, 0.2) is 0 Å². The van der Waals surface area contributed by atoms with Gasteiger partial charge in [0, 0.05) is 57.6 Å². The van der Waals surface area contributed by atoms with Crippen LogP contribution < -0.4 is 4.90 Å². The van der Waals surface area contributed by atoms with Gasteiger partial charge in [-0.3, -0.25) is 9.69 Å². The number of amides is 1. The van der Waals surface area contributed by atoms with Crippen molar-refractivity contribution in [3.8, 4) is 0 Å². The number of rotatable bonds is 4. The molecule has 2 aliphatic rings. The lowest BCUT2D eigenvalue weighted by atomic mass is 9.99. The lowest BCUT2D eigenvalue weighted by molar-refractivity contribution is 0.0697. The molecule has 5 heteroatoms. The zero-order valence-corrected chi connectivity index (χ0v) is 16.8. The van der Waals surface area contributed by atoms with Crippen molar-refractivity contribution in [2.45, 2.75) is 26.3 Å². The van der Waals surface area contributed by atoms with E-state index in [1.807, 2.05) is 17.0 Å². The first kappa shape index (κ1) is 18.9. The molecule has 0 spiro atoms. The lowest BCUT2D eigenvalue weighted by Crippen LogP contribution is -2.46. The summed E-state index contributed by atoms with van der Waals surface area (Å²) in [5.74, 6) is 1.80. The number of likely N-dealkylation sites (tertiary alicyclic amines) is 1. The Bertz CT molecular complexity index is 778. The Kier molecular flexibility index (Phi) is 5.91. The van der Waals surface area contributed by atoms with E-state index in [2.05, 4.69) is 52.0 Å². The van der Waals surface area contributed by atoms with Gasteiger partial charge in [-0.15, -0.1) is 0 Å². The lowest BCUT2D eigenvalue weighted by Gasteiger charge is -2.35. The molecule has 0 aliphatic carbocycles. The van der Waals surface area contributed by atoms with Crippen molar-refractivity contribution in [2.24, 2.45) is 5.92 Å². The van der Waals surface area contributed by atoms with E-state index in [4.69, 9.17) is 0 Å². The number of piperidine rings is 1. The standard InChI is InChI=1S/C23H30N4O/c1-19-8-11-27(12-9-19)23(28)21-7-10-24-22(17-21)26-15-13-25(14-16-26)18-20-5-3-2-4-6-20/h2-7,10,17,19H,8-9,11-16,18H2,1H3. The molecule has 0 saturated carbocycles. The molecular weight excluding hydrogens is 348 g/mol. The van der Waals surface area contributed by atoms with Gasteiger partial charge in [0.1, 0.15) is 5.82 Å². The maximum atomic E-state index is 12.9. The Hall–Kier alpha value is -2.40. The molecule has 2 fully saturated rings. The number of anilines is 1. The first-order valence-electron chi connectivity index (χ1n) is 10.5. The van der Waals surface area contributed by atoms with Crippen LogP contribution in [0.3, 0.4) is 0 Å². The zero-order valence-electron chi connectivity index (χ0n) is 16.8. The zero-order chi connectivity index (χ0) is 19.3. The van der Waals surface area contributed by atoms with Crippen molar-refractivity contribution in [1.29, 1.82) is 0 Å². The molecule has 5 nitrogen and oxygen atoms in total. The van der Waals surface area contributed by atoms with Crippen LogP contribution in [-0.2, 0) is 6.54 Å². The number of carbonyl (C=O) groups excluding carboxylic acids is 1. The molecule has 2 aliphatic heterocycles. The molecule has 0 radical (unpaired) electrons. The van der Waals surface area contributed by atoms with Gasteiger partial charge in [-0.05, 0) is 36.5 Å². The summed E-state index contributed by atoms with van der Waals surface area (Å²) in [4.78, 5) is 24.2. The van der Waals surface area contributed by atoms with E-state index in [9.17, 15) is 4.79 Å². The summed E-state index contributed by atoms with van der Waals surface area (Å²) in [6, 6.07) is 14.5. The first-order valence-corrected chi connectivity index (χ1v) is 10.5. The molecule has 28 heavy (non-hydrogen) atoms. The SMILES string of the molecule is CC1CCN(C(=O)c2ccnc(N3CCN(Cc4ccccc4)CC3)c2)CC1. The number of hydrogen-bond donors (Lipinski definition) is 0. The predicted molar refractivity (Wildman–Crippen MR) is 112 cm³/mol. The normalized spacial score (nSPS) is 19.0. The molecule has 0 unspecified atom stereocenters. The Morgan fingerprint density at radius 3 is 2.43 bits per heavy atom. The summed E-state index contributed by atoms with van der Waals surface area (Å²) in [7, 11) is 0. The molecule has 1 amide bonds. The fraction of sp³-hybridized carbons (Fsp3) is 0.478. The van der Waals surface area contributed by atoms with Crippen LogP contribution in [0.5, 0.6) is 0 Å². The highest BCUT2D eigenvalue weighted by Crippen LogP contribution is 2.21. The average Bonchev–Trinajstić information content (AvgIpc) is 2.75. The highest BCUT2D eigenvalue weighted by atomic mass is 16.2. The monoisotopic (exact) mass is 378 g/mol. The van der Waals surface area contributed by atoms with Crippen molar-refractivity contribution in [1.82, 2.24) is 14.8 Å². The van der Waals surface area contributed by atoms with Gasteiger partial charge in [-0.2, -0.15) is 0 Å². The van der Waals surface area contributed by atoms with Crippen LogP contribution in [0.4, 0.5) is 5.82 Å². The number of nitrogens with zero attached hydrogens (tertiary/aromatic N) is 4. The first-order chi connectivity index (χ1) is 13.7. The Morgan fingerprint density at radius 2 is 1.71 bits per heavy atom. The molecule has 148 valence electrons. The van der Waals surface area contributed by atoms with Crippen molar-refractivity contribution in [2.75, 3.05) is 44.2 Å². The highest BCUT2D eigenvalue weighted by Gasteiger charge is 2.23. The van der Waals surface area contributed by atoms with Crippen LogP contribution in [0.25, 0.3) is 0 Å². The molecule has 1 aromatic heterocycles. The Labute approximate surface area is 168 Å². The van der Waals surface area contributed by atoms with Crippen LogP contribution in [0.2, 0.25) is 0 Å². The minimum Gasteiger partial charge on any atom is -0.354 e. The van der Waals surface area contributed by atoms with E-state index in [1.165, 1.54) is 5.56 Å². The third kappa shape index (κ3) is 4.53. The molecular formula is C23H30N4O. The van der Waals surface area contributed by atoms with E-state index in [0.29, 0.717) is 0 Å². The second kappa shape index (κ2) is 8.74. The maximum Gasteiger partial charge on any atom is 0.254 e. The second-order valence-corrected chi connectivity index (χ2v) is 8.13. The number of hydrogen-bond acceptors (Lipinski definition) is 4. The number of piperazine rings is 1. The van der Waals surface area contributed by atoms with Gasteiger partial charge < -0.3 is 9.80 Å². The Morgan fingerprint density at radius 1 is 1.00 bits per heavy atom. The van der Waals surface area contributed by atoms with Crippen LogP contribution in [0.15, 0.2) is 48.7 Å². The van der Waals surface area contributed by atoms with E-state index in [0.717, 1.165) is 76.0 Å². The molecule has 1 aromatic carbocycles. The predicted octanol–water partition coefficient (Wildman–Crippen LogP) is 3.28.